The molecule has 16 heavy (non-hydrogen) atoms. The minimum absolute atomic E-state index is 0.780. The van der Waals surface area contributed by atoms with Gasteiger partial charge in [-0.05, 0) is 45.8 Å². The zero-order valence-corrected chi connectivity index (χ0v) is 10.7. The zero-order chi connectivity index (χ0) is 11.1. The molecule has 0 aliphatic rings. The standard InChI is InChI=1S/C14H8BrCl/c15-11-4-6-13-10(7-11)2-1-9-3-5-12(16)8-14(9)13/h1-8H. The Morgan fingerprint density at radius 2 is 1.50 bits per heavy atom. The first kappa shape index (κ1) is 10.1. The molecule has 3 aromatic rings. The van der Waals surface area contributed by atoms with E-state index in [4.69, 9.17) is 11.6 Å². The lowest BCUT2D eigenvalue weighted by atomic mass is 10.0. The van der Waals surface area contributed by atoms with Gasteiger partial charge in [-0.2, -0.15) is 0 Å². The summed E-state index contributed by atoms with van der Waals surface area (Å²) >= 11 is 9.53. The highest BCUT2D eigenvalue weighted by atomic mass is 79.9. The van der Waals surface area contributed by atoms with Gasteiger partial charge in [0.1, 0.15) is 0 Å². The van der Waals surface area contributed by atoms with Crippen LogP contribution in [0.2, 0.25) is 5.02 Å². The fraction of sp³-hybridized carbons (Fsp3) is 0. The van der Waals surface area contributed by atoms with Crippen molar-refractivity contribution in [3.8, 4) is 0 Å². The molecule has 3 aromatic carbocycles. The Morgan fingerprint density at radius 3 is 2.38 bits per heavy atom. The van der Waals surface area contributed by atoms with Crippen molar-refractivity contribution in [2.24, 2.45) is 0 Å². The maximum atomic E-state index is 6.04. The van der Waals surface area contributed by atoms with Gasteiger partial charge in [0.2, 0.25) is 0 Å². The molecular weight excluding hydrogens is 284 g/mol. The average molecular weight is 292 g/mol. The number of hydrogen-bond acceptors (Lipinski definition) is 0. The van der Waals surface area contributed by atoms with E-state index in [1.165, 1.54) is 21.5 Å². The van der Waals surface area contributed by atoms with E-state index in [2.05, 4.69) is 52.3 Å². The molecule has 0 fully saturated rings. The van der Waals surface area contributed by atoms with Gasteiger partial charge >= 0.3 is 0 Å². The molecule has 0 unspecified atom stereocenters. The van der Waals surface area contributed by atoms with Crippen molar-refractivity contribution in [3.63, 3.8) is 0 Å². The minimum atomic E-state index is 0.780. The normalized spacial score (nSPS) is 11.1. The maximum absolute atomic E-state index is 6.04. The van der Waals surface area contributed by atoms with E-state index in [0.29, 0.717) is 0 Å². The molecule has 0 nitrogen and oxygen atoms in total. The lowest BCUT2D eigenvalue weighted by molar-refractivity contribution is 1.72. The topological polar surface area (TPSA) is 0 Å². The van der Waals surface area contributed by atoms with E-state index in [1.807, 2.05) is 12.1 Å². The van der Waals surface area contributed by atoms with Gasteiger partial charge in [-0.25, -0.2) is 0 Å². The first-order chi connectivity index (χ1) is 7.74. The van der Waals surface area contributed by atoms with E-state index in [1.54, 1.807) is 0 Å². The summed E-state index contributed by atoms with van der Waals surface area (Å²) in [4.78, 5) is 0. The lowest BCUT2D eigenvalue weighted by Gasteiger charge is -2.04. The van der Waals surface area contributed by atoms with Crippen LogP contribution in [0.15, 0.2) is 53.0 Å². The predicted molar refractivity (Wildman–Crippen MR) is 74.2 cm³/mol. The van der Waals surface area contributed by atoms with Gasteiger partial charge in [0.25, 0.3) is 0 Å². The van der Waals surface area contributed by atoms with Gasteiger partial charge < -0.3 is 0 Å². The van der Waals surface area contributed by atoms with Gasteiger partial charge in [0, 0.05) is 9.50 Å². The molecule has 0 saturated carbocycles. The van der Waals surface area contributed by atoms with E-state index >= 15 is 0 Å². The van der Waals surface area contributed by atoms with Crippen molar-refractivity contribution >= 4 is 49.1 Å². The average Bonchev–Trinajstić information content (AvgIpc) is 2.28. The van der Waals surface area contributed by atoms with Crippen LogP contribution in [-0.2, 0) is 0 Å². The number of hydrogen-bond donors (Lipinski definition) is 0. The zero-order valence-electron chi connectivity index (χ0n) is 8.37. The third kappa shape index (κ3) is 1.60. The van der Waals surface area contributed by atoms with Crippen LogP contribution in [0.4, 0.5) is 0 Å². The smallest absolute Gasteiger partial charge is 0.0412 e. The molecule has 0 amide bonds. The number of halogens is 2. The molecule has 0 atom stereocenters. The molecule has 0 heterocycles. The molecule has 0 N–H and O–H groups in total. The van der Waals surface area contributed by atoms with Gasteiger partial charge in [0.05, 0.1) is 0 Å². The highest BCUT2D eigenvalue weighted by Crippen LogP contribution is 2.29. The predicted octanol–water partition coefficient (Wildman–Crippen LogP) is 5.41. The Kier molecular flexibility index (Phi) is 2.38. The Balaban J connectivity index is 2.52. The minimum Gasteiger partial charge on any atom is -0.0843 e. The monoisotopic (exact) mass is 290 g/mol. The Hall–Kier alpha value is -1.05. The molecule has 3 rings (SSSR count). The molecule has 78 valence electrons. The van der Waals surface area contributed by atoms with Gasteiger partial charge in [-0.15, -0.1) is 0 Å². The summed E-state index contributed by atoms with van der Waals surface area (Å²) in [5.74, 6) is 0. The van der Waals surface area contributed by atoms with Crippen LogP contribution in [0.5, 0.6) is 0 Å². The summed E-state index contributed by atoms with van der Waals surface area (Å²) in [5, 5.41) is 5.67. The van der Waals surface area contributed by atoms with Crippen molar-refractivity contribution in [1.82, 2.24) is 0 Å². The second kappa shape index (κ2) is 3.76. The van der Waals surface area contributed by atoms with Crippen molar-refractivity contribution in [3.05, 3.63) is 58.0 Å². The second-order valence-electron chi connectivity index (χ2n) is 3.80. The van der Waals surface area contributed by atoms with Gasteiger partial charge in [0.15, 0.2) is 0 Å². The molecule has 0 saturated heterocycles. The highest BCUT2D eigenvalue weighted by Gasteiger charge is 2.01. The van der Waals surface area contributed by atoms with Crippen LogP contribution in [0.3, 0.4) is 0 Å². The third-order valence-electron chi connectivity index (χ3n) is 2.76. The molecule has 0 aromatic heterocycles. The third-order valence-corrected chi connectivity index (χ3v) is 3.49. The van der Waals surface area contributed by atoms with Crippen LogP contribution in [0.1, 0.15) is 0 Å². The molecule has 0 radical (unpaired) electrons. The summed E-state index contributed by atoms with van der Waals surface area (Å²) in [6.45, 7) is 0. The second-order valence-corrected chi connectivity index (χ2v) is 5.15. The first-order valence-electron chi connectivity index (χ1n) is 5.01. The number of rotatable bonds is 0. The van der Waals surface area contributed by atoms with Crippen molar-refractivity contribution in [2.75, 3.05) is 0 Å². The van der Waals surface area contributed by atoms with Crippen molar-refractivity contribution in [2.45, 2.75) is 0 Å². The fourth-order valence-electron chi connectivity index (χ4n) is 2.00. The lowest BCUT2D eigenvalue weighted by Crippen LogP contribution is -1.78. The molecule has 2 heteroatoms. The van der Waals surface area contributed by atoms with E-state index in [-0.39, 0.29) is 0 Å². The van der Waals surface area contributed by atoms with Crippen molar-refractivity contribution < 1.29 is 0 Å². The SMILES string of the molecule is Clc1ccc2ccc3cc(Br)ccc3c2c1. The summed E-state index contributed by atoms with van der Waals surface area (Å²) < 4.78 is 1.10. The Morgan fingerprint density at radius 1 is 0.750 bits per heavy atom. The molecule has 0 spiro atoms. The fourth-order valence-corrected chi connectivity index (χ4v) is 2.55. The van der Waals surface area contributed by atoms with Crippen LogP contribution in [0.25, 0.3) is 21.5 Å². The van der Waals surface area contributed by atoms with Gasteiger partial charge in [-0.3, -0.25) is 0 Å². The first-order valence-corrected chi connectivity index (χ1v) is 6.19. The number of fused-ring (bicyclic) bond motifs is 3. The molecular formula is C14H8BrCl. The van der Waals surface area contributed by atoms with E-state index in [9.17, 15) is 0 Å². The summed E-state index contributed by atoms with van der Waals surface area (Å²) in [6, 6.07) is 16.6. The Bertz CT molecular complexity index is 689. The maximum Gasteiger partial charge on any atom is 0.0412 e. The van der Waals surface area contributed by atoms with Gasteiger partial charge in [-0.1, -0.05) is 51.8 Å². The number of benzene rings is 3. The summed E-state index contributed by atoms with van der Waals surface area (Å²) in [6.07, 6.45) is 0. The van der Waals surface area contributed by atoms with Crippen LogP contribution >= 0.6 is 27.5 Å². The van der Waals surface area contributed by atoms with Crippen LogP contribution in [-0.4, -0.2) is 0 Å². The molecule has 0 bridgehead atoms. The van der Waals surface area contributed by atoms with E-state index < -0.39 is 0 Å². The Labute approximate surface area is 107 Å². The quantitative estimate of drug-likeness (QED) is 0.486. The molecule has 0 aliphatic carbocycles. The molecule has 0 aliphatic heterocycles. The van der Waals surface area contributed by atoms with Crippen molar-refractivity contribution in [1.29, 1.82) is 0 Å². The van der Waals surface area contributed by atoms with E-state index in [0.717, 1.165) is 9.50 Å². The largest absolute Gasteiger partial charge is 0.0843 e. The van der Waals surface area contributed by atoms with Crippen LogP contribution < -0.4 is 0 Å². The summed E-state index contributed by atoms with van der Waals surface area (Å²) in [7, 11) is 0. The summed E-state index contributed by atoms with van der Waals surface area (Å²) in [5.41, 5.74) is 0. The highest BCUT2D eigenvalue weighted by molar-refractivity contribution is 9.10. The van der Waals surface area contributed by atoms with Crippen LogP contribution in [0, 0.1) is 0 Å².